The highest BCUT2D eigenvalue weighted by atomic mass is 19.1. The van der Waals surface area contributed by atoms with E-state index in [9.17, 15) is 9.18 Å². The molecule has 2 aliphatic heterocycles. The number of rotatable bonds is 7. The van der Waals surface area contributed by atoms with Gasteiger partial charge in [0.25, 0.3) is 5.89 Å². The van der Waals surface area contributed by atoms with Crippen molar-refractivity contribution in [2.45, 2.75) is 19.4 Å². The first kappa shape index (κ1) is 21.9. The number of fused-ring (bicyclic) bond motifs is 1. The van der Waals surface area contributed by atoms with Crippen LogP contribution in [0.2, 0.25) is 0 Å². The van der Waals surface area contributed by atoms with Crippen LogP contribution in [0.15, 0.2) is 52.7 Å². The Kier molecular flexibility index (Phi) is 5.89. The molecule has 2 aliphatic rings. The molecule has 0 saturated heterocycles. The quantitative estimate of drug-likeness (QED) is 0.523. The number of hydrogen-bond acceptors (Lipinski definition) is 7. The van der Waals surface area contributed by atoms with Gasteiger partial charge in [-0.2, -0.15) is 4.98 Å². The lowest BCUT2D eigenvalue weighted by Crippen LogP contribution is -2.46. The Balaban J connectivity index is 1.54. The van der Waals surface area contributed by atoms with E-state index in [1.165, 1.54) is 12.1 Å². The third-order valence-electron chi connectivity index (χ3n) is 5.82. The second-order valence-electron chi connectivity index (χ2n) is 7.92. The molecule has 2 aromatic carbocycles. The van der Waals surface area contributed by atoms with Crippen molar-refractivity contribution in [3.05, 3.63) is 65.4 Å². The number of urea groups is 1. The highest BCUT2D eigenvalue weighted by Gasteiger charge is 2.35. The summed E-state index contributed by atoms with van der Waals surface area (Å²) < 4.78 is 35.2. The van der Waals surface area contributed by atoms with Gasteiger partial charge in [-0.15, -0.1) is 0 Å². The van der Waals surface area contributed by atoms with E-state index in [0.29, 0.717) is 59.3 Å². The smallest absolute Gasteiger partial charge is 0.322 e. The van der Waals surface area contributed by atoms with Crippen LogP contribution in [0, 0.1) is 5.82 Å². The van der Waals surface area contributed by atoms with Gasteiger partial charge in [0.1, 0.15) is 5.82 Å². The Bertz CT molecular complexity index is 1240. The maximum Gasteiger partial charge on any atom is 0.322 e. The number of ether oxygens (including phenoxy) is 3. The number of carbonyl (C=O) groups excluding carboxylic acids is 1. The van der Waals surface area contributed by atoms with Crippen molar-refractivity contribution < 1.29 is 27.9 Å². The van der Waals surface area contributed by atoms with Crippen LogP contribution in [-0.4, -0.2) is 48.1 Å². The van der Waals surface area contributed by atoms with Crippen LogP contribution in [0.3, 0.4) is 0 Å². The first-order valence-electron chi connectivity index (χ1n) is 10.8. The Hall–Kier alpha value is -3.92. The van der Waals surface area contributed by atoms with E-state index in [2.05, 4.69) is 15.5 Å². The molecule has 176 valence electrons. The summed E-state index contributed by atoms with van der Waals surface area (Å²) >= 11 is 0. The minimum absolute atomic E-state index is 0.167. The summed E-state index contributed by atoms with van der Waals surface area (Å²) in [7, 11) is 1.62. The molecule has 0 spiro atoms. The SMILES string of the molecule is COCCCN1C(=O)NC(c2ccc(F)cc2)C(c2nc(-c3ccc4c(c3)OCO4)no2)=C1C. The van der Waals surface area contributed by atoms with Gasteiger partial charge >= 0.3 is 6.03 Å². The number of benzene rings is 2. The molecule has 1 aromatic heterocycles. The minimum atomic E-state index is -0.586. The second-order valence-corrected chi connectivity index (χ2v) is 7.92. The summed E-state index contributed by atoms with van der Waals surface area (Å²) in [6.07, 6.45) is 0.655. The van der Waals surface area contributed by atoms with Crippen LogP contribution in [0.25, 0.3) is 17.0 Å². The summed E-state index contributed by atoms with van der Waals surface area (Å²) in [6, 6.07) is 10.5. The number of aromatic nitrogens is 2. The molecule has 0 saturated carbocycles. The van der Waals surface area contributed by atoms with E-state index in [1.807, 2.05) is 13.0 Å². The van der Waals surface area contributed by atoms with Crippen LogP contribution >= 0.6 is 0 Å². The van der Waals surface area contributed by atoms with Gasteiger partial charge < -0.3 is 24.1 Å². The topological polar surface area (TPSA) is 99.0 Å². The zero-order valence-electron chi connectivity index (χ0n) is 18.7. The summed E-state index contributed by atoms with van der Waals surface area (Å²) in [5.74, 6) is 1.53. The van der Waals surface area contributed by atoms with Gasteiger partial charge in [0.15, 0.2) is 11.5 Å². The Morgan fingerprint density at radius 3 is 2.76 bits per heavy atom. The molecule has 0 fully saturated rings. The fourth-order valence-electron chi connectivity index (χ4n) is 4.09. The van der Waals surface area contributed by atoms with Crippen LogP contribution in [0.5, 0.6) is 11.5 Å². The van der Waals surface area contributed by atoms with E-state index in [1.54, 1.807) is 36.3 Å². The molecular formula is C24H23FN4O5. The maximum atomic E-state index is 13.6. The van der Waals surface area contributed by atoms with E-state index in [0.717, 1.165) is 0 Å². The molecule has 5 rings (SSSR count). The molecule has 3 aromatic rings. The number of amides is 2. The standard InChI is InChI=1S/C24H23FN4O5/c1-14-20(23-27-22(28-34-23)16-6-9-18-19(12-16)33-13-32-18)21(15-4-7-17(25)8-5-15)26-24(30)29(14)10-3-11-31-2/h4-9,12,21H,3,10-11,13H2,1-2H3,(H,26,30). The number of nitrogens with zero attached hydrogens (tertiary/aromatic N) is 3. The van der Waals surface area contributed by atoms with E-state index < -0.39 is 6.04 Å². The molecule has 1 unspecified atom stereocenters. The Morgan fingerprint density at radius 2 is 1.97 bits per heavy atom. The van der Waals surface area contributed by atoms with Gasteiger partial charge in [0, 0.05) is 31.5 Å². The van der Waals surface area contributed by atoms with E-state index in [-0.39, 0.29) is 24.5 Å². The van der Waals surface area contributed by atoms with Gasteiger partial charge in [-0.3, -0.25) is 4.90 Å². The Morgan fingerprint density at radius 1 is 1.18 bits per heavy atom. The number of carbonyl (C=O) groups is 1. The summed E-state index contributed by atoms with van der Waals surface area (Å²) in [4.78, 5) is 19.2. The average Bonchev–Trinajstić information content (AvgIpc) is 3.50. The summed E-state index contributed by atoms with van der Waals surface area (Å²) in [6.45, 7) is 2.97. The number of halogens is 1. The molecule has 1 N–H and O–H groups in total. The van der Waals surface area contributed by atoms with Crippen LogP contribution in [0.4, 0.5) is 9.18 Å². The van der Waals surface area contributed by atoms with Crippen molar-refractivity contribution in [1.82, 2.24) is 20.4 Å². The van der Waals surface area contributed by atoms with Gasteiger partial charge in [-0.05, 0) is 49.2 Å². The van der Waals surface area contributed by atoms with Crippen molar-refractivity contribution >= 4 is 11.6 Å². The van der Waals surface area contributed by atoms with Crippen LogP contribution in [-0.2, 0) is 4.74 Å². The Labute approximate surface area is 195 Å². The molecule has 2 amide bonds. The van der Waals surface area contributed by atoms with Crippen LogP contribution < -0.4 is 14.8 Å². The van der Waals surface area contributed by atoms with Crippen molar-refractivity contribution in [2.24, 2.45) is 0 Å². The number of hydrogen-bond donors (Lipinski definition) is 1. The third-order valence-corrected chi connectivity index (χ3v) is 5.82. The summed E-state index contributed by atoms with van der Waals surface area (Å²) in [5, 5.41) is 7.15. The van der Waals surface area contributed by atoms with Crippen LogP contribution in [0.1, 0.15) is 30.8 Å². The molecule has 9 nitrogen and oxygen atoms in total. The minimum Gasteiger partial charge on any atom is -0.454 e. The number of methoxy groups -OCH3 is 1. The molecule has 3 heterocycles. The third kappa shape index (κ3) is 4.08. The molecule has 0 aliphatic carbocycles. The molecule has 0 bridgehead atoms. The highest BCUT2D eigenvalue weighted by molar-refractivity contribution is 5.86. The second kappa shape index (κ2) is 9.14. The van der Waals surface area contributed by atoms with Gasteiger partial charge in [0.2, 0.25) is 12.6 Å². The normalized spacial score (nSPS) is 17.3. The maximum absolute atomic E-state index is 13.6. The van der Waals surface area contributed by atoms with Crippen molar-refractivity contribution in [3.8, 4) is 22.9 Å². The van der Waals surface area contributed by atoms with Gasteiger partial charge in [-0.25, -0.2) is 9.18 Å². The molecule has 1 atom stereocenters. The zero-order valence-corrected chi connectivity index (χ0v) is 18.7. The van der Waals surface area contributed by atoms with Gasteiger partial charge in [-0.1, -0.05) is 17.3 Å². The largest absolute Gasteiger partial charge is 0.454 e. The fraction of sp³-hybridized carbons (Fsp3) is 0.292. The molecular weight excluding hydrogens is 443 g/mol. The van der Waals surface area contributed by atoms with E-state index >= 15 is 0 Å². The molecule has 0 radical (unpaired) electrons. The molecule has 10 heteroatoms. The van der Waals surface area contributed by atoms with Crippen molar-refractivity contribution in [1.29, 1.82) is 0 Å². The molecule has 34 heavy (non-hydrogen) atoms. The lowest BCUT2D eigenvalue weighted by atomic mass is 9.94. The average molecular weight is 466 g/mol. The lowest BCUT2D eigenvalue weighted by molar-refractivity contribution is 0.173. The monoisotopic (exact) mass is 466 g/mol. The summed E-state index contributed by atoms with van der Waals surface area (Å²) in [5.41, 5.74) is 2.72. The first-order valence-corrected chi connectivity index (χ1v) is 10.8. The van der Waals surface area contributed by atoms with Crippen molar-refractivity contribution in [3.63, 3.8) is 0 Å². The fourth-order valence-corrected chi connectivity index (χ4v) is 4.09. The zero-order chi connectivity index (χ0) is 23.7. The van der Waals surface area contributed by atoms with Gasteiger partial charge in [0.05, 0.1) is 11.6 Å². The predicted molar refractivity (Wildman–Crippen MR) is 119 cm³/mol. The van der Waals surface area contributed by atoms with E-state index in [4.69, 9.17) is 18.7 Å². The lowest BCUT2D eigenvalue weighted by Gasteiger charge is -2.35. The number of allylic oxidation sites excluding steroid dienone is 1. The highest BCUT2D eigenvalue weighted by Crippen LogP contribution is 2.39. The van der Waals surface area contributed by atoms with Crippen molar-refractivity contribution in [2.75, 3.05) is 27.1 Å². The first-order chi connectivity index (χ1) is 16.5. The predicted octanol–water partition coefficient (Wildman–Crippen LogP) is 4.14. The number of nitrogens with one attached hydrogen (secondary N) is 1.